The first-order valence-corrected chi connectivity index (χ1v) is 7.18. The number of β-amino-alcohol motifs (C(OH)–C–C–N with tert-alkyl or cyclic N) is 1. The summed E-state index contributed by atoms with van der Waals surface area (Å²) in [6, 6.07) is 7.70. The van der Waals surface area contributed by atoms with Crippen LogP contribution in [0.1, 0.15) is 12.6 Å². The Bertz CT molecular complexity index is 640. The third-order valence-corrected chi connectivity index (χ3v) is 3.84. The van der Waals surface area contributed by atoms with Gasteiger partial charge in [0.05, 0.1) is 23.7 Å². The van der Waals surface area contributed by atoms with Crippen molar-refractivity contribution in [2.24, 2.45) is 0 Å². The fraction of sp³-hybridized carbons (Fsp3) is 0.467. The van der Waals surface area contributed by atoms with Gasteiger partial charge in [-0.25, -0.2) is 0 Å². The fourth-order valence-electron chi connectivity index (χ4n) is 2.75. The summed E-state index contributed by atoms with van der Waals surface area (Å²) in [6.45, 7) is 3.19. The van der Waals surface area contributed by atoms with Crippen LogP contribution in [0.25, 0.3) is 10.9 Å². The van der Waals surface area contributed by atoms with Crippen molar-refractivity contribution in [1.82, 2.24) is 15.1 Å². The number of nitrogens with one attached hydrogen (secondary N) is 1. The summed E-state index contributed by atoms with van der Waals surface area (Å²) < 4.78 is 5.44. The molecule has 0 bridgehead atoms. The molecule has 2 N–H and O–H groups in total. The van der Waals surface area contributed by atoms with Gasteiger partial charge in [0.2, 0.25) is 5.91 Å². The number of aliphatic hydroxyl groups is 1. The van der Waals surface area contributed by atoms with Gasteiger partial charge in [-0.05, 0) is 13.0 Å². The van der Waals surface area contributed by atoms with Gasteiger partial charge < -0.3 is 14.7 Å². The van der Waals surface area contributed by atoms with Gasteiger partial charge in [0, 0.05) is 25.1 Å². The second kappa shape index (κ2) is 5.83. The molecule has 1 aliphatic heterocycles. The van der Waals surface area contributed by atoms with Crippen LogP contribution in [0, 0.1) is 0 Å². The van der Waals surface area contributed by atoms with E-state index in [9.17, 15) is 9.90 Å². The molecule has 6 nitrogen and oxygen atoms in total. The largest absolute Gasteiger partial charge is 0.388 e. The van der Waals surface area contributed by atoms with Crippen LogP contribution in [0.2, 0.25) is 0 Å². The second-order valence-corrected chi connectivity index (χ2v) is 5.26. The van der Waals surface area contributed by atoms with Crippen molar-refractivity contribution < 1.29 is 14.6 Å². The first-order chi connectivity index (χ1) is 10.2. The molecule has 2 atom stereocenters. The van der Waals surface area contributed by atoms with E-state index in [1.54, 1.807) is 4.90 Å². The van der Waals surface area contributed by atoms with Gasteiger partial charge in [-0.3, -0.25) is 9.89 Å². The molecule has 21 heavy (non-hydrogen) atoms. The van der Waals surface area contributed by atoms with Crippen LogP contribution in [0.3, 0.4) is 0 Å². The van der Waals surface area contributed by atoms with Gasteiger partial charge in [0.1, 0.15) is 6.10 Å². The van der Waals surface area contributed by atoms with Crippen molar-refractivity contribution >= 4 is 16.8 Å². The highest BCUT2D eigenvalue weighted by Crippen LogP contribution is 2.19. The molecule has 0 saturated carbocycles. The van der Waals surface area contributed by atoms with E-state index in [1.807, 2.05) is 31.2 Å². The lowest BCUT2D eigenvalue weighted by Gasteiger charge is -2.15. The predicted molar refractivity (Wildman–Crippen MR) is 77.8 cm³/mol. The highest BCUT2D eigenvalue weighted by atomic mass is 16.5. The van der Waals surface area contributed by atoms with E-state index in [0.717, 1.165) is 16.6 Å². The molecule has 0 aliphatic carbocycles. The number of carbonyl (C=O) groups excluding carboxylic acids is 1. The summed E-state index contributed by atoms with van der Waals surface area (Å²) in [5.41, 5.74) is 1.67. The molecule has 1 aliphatic rings. The first kappa shape index (κ1) is 14.0. The van der Waals surface area contributed by atoms with Crippen molar-refractivity contribution in [2.45, 2.75) is 25.6 Å². The Labute approximate surface area is 122 Å². The highest BCUT2D eigenvalue weighted by molar-refractivity contribution is 5.87. The van der Waals surface area contributed by atoms with Crippen molar-refractivity contribution in [3.8, 4) is 0 Å². The van der Waals surface area contributed by atoms with Gasteiger partial charge in [0.25, 0.3) is 0 Å². The molecule has 1 saturated heterocycles. The average Bonchev–Trinajstić information content (AvgIpc) is 3.05. The number of para-hydroxylation sites is 1. The maximum Gasteiger partial charge on any atom is 0.228 e. The molecule has 3 rings (SSSR count). The predicted octanol–water partition coefficient (Wildman–Crippen LogP) is 0.714. The molecule has 1 aromatic heterocycles. The minimum Gasteiger partial charge on any atom is -0.388 e. The molecular weight excluding hydrogens is 270 g/mol. The van der Waals surface area contributed by atoms with Gasteiger partial charge in [-0.2, -0.15) is 5.10 Å². The van der Waals surface area contributed by atoms with Crippen LogP contribution in [-0.2, 0) is 16.0 Å². The Balaban J connectivity index is 1.69. The number of carbonyl (C=O) groups is 1. The van der Waals surface area contributed by atoms with Crippen LogP contribution in [0.15, 0.2) is 24.3 Å². The van der Waals surface area contributed by atoms with Crippen LogP contribution < -0.4 is 0 Å². The number of rotatable bonds is 4. The molecule has 0 radical (unpaired) electrons. The zero-order valence-electron chi connectivity index (χ0n) is 12.0. The summed E-state index contributed by atoms with van der Waals surface area (Å²) in [4.78, 5) is 14.0. The monoisotopic (exact) mass is 289 g/mol. The highest BCUT2D eigenvalue weighted by Gasteiger charge is 2.34. The van der Waals surface area contributed by atoms with Gasteiger partial charge in [-0.1, -0.05) is 18.2 Å². The van der Waals surface area contributed by atoms with Crippen molar-refractivity contribution in [1.29, 1.82) is 0 Å². The van der Waals surface area contributed by atoms with Gasteiger partial charge in [-0.15, -0.1) is 0 Å². The molecule has 1 fully saturated rings. The maximum absolute atomic E-state index is 12.4. The van der Waals surface area contributed by atoms with Crippen molar-refractivity contribution in [3.05, 3.63) is 30.0 Å². The van der Waals surface area contributed by atoms with Crippen LogP contribution in [0.5, 0.6) is 0 Å². The SMILES string of the molecule is CCO[C@H]1CN(C(=O)Cc2[nH]nc3ccccc23)C[C@@H]1O. The number of fused-ring (bicyclic) bond motifs is 1. The van der Waals surface area contributed by atoms with Crippen LogP contribution >= 0.6 is 0 Å². The third-order valence-electron chi connectivity index (χ3n) is 3.84. The second-order valence-electron chi connectivity index (χ2n) is 5.26. The summed E-state index contributed by atoms with van der Waals surface area (Å²) in [5.74, 6) is -0.0225. The Kier molecular flexibility index (Phi) is 3.90. The number of ether oxygens (including phenoxy) is 1. The normalized spacial score (nSPS) is 22.1. The Morgan fingerprint density at radius 1 is 1.48 bits per heavy atom. The number of nitrogens with zero attached hydrogens (tertiary/aromatic N) is 2. The third kappa shape index (κ3) is 2.77. The molecule has 6 heteroatoms. The van der Waals surface area contributed by atoms with Gasteiger partial charge in [0.15, 0.2) is 0 Å². The molecule has 112 valence electrons. The lowest BCUT2D eigenvalue weighted by Crippen LogP contribution is -2.31. The lowest BCUT2D eigenvalue weighted by atomic mass is 10.1. The Hall–Kier alpha value is -1.92. The molecule has 0 spiro atoms. The van der Waals surface area contributed by atoms with E-state index in [4.69, 9.17) is 4.74 Å². The fourth-order valence-corrected chi connectivity index (χ4v) is 2.75. The van der Waals surface area contributed by atoms with E-state index in [-0.39, 0.29) is 18.4 Å². The zero-order chi connectivity index (χ0) is 14.8. The Morgan fingerprint density at radius 3 is 3.10 bits per heavy atom. The number of aromatic nitrogens is 2. The number of amides is 1. The molecule has 0 unspecified atom stereocenters. The molecular formula is C15H19N3O3. The van der Waals surface area contributed by atoms with Gasteiger partial charge >= 0.3 is 0 Å². The number of aromatic amines is 1. The first-order valence-electron chi connectivity index (χ1n) is 7.18. The van der Waals surface area contributed by atoms with E-state index in [2.05, 4.69) is 10.2 Å². The number of aliphatic hydroxyl groups excluding tert-OH is 1. The number of likely N-dealkylation sites (tertiary alicyclic amines) is 1. The minimum atomic E-state index is -0.604. The van der Waals surface area contributed by atoms with Crippen molar-refractivity contribution in [3.63, 3.8) is 0 Å². The standard InChI is InChI=1S/C15H19N3O3/c1-2-21-14-9-18(8-13(14)19)15(20)7-12-10-5-3-4-6-11(10)16-17-12/h3-6,13-14,19H,2,7-9H2,1H3,(H,16,17)/t13-,14-/m0/s1. The average molecular weight is 289 g/mol. The quantitative estimate of drug-likeness (QED) is 0.869. The topological polar surface area (TPSA) is 78.5 Å². The van der Waals surface area contributed by atoms with Crippen LogP contribution in [0.4, 0.5) is 0 Å². The van der Waals surface area contributed by atoms with E-state index in [1.165, 1.54) is 0 Å². The summed E-state index contributed by atoms with van der Waals surface area (Å²) in [6.07, 6.45) is -0.628. The van der Waals surface area contributed by atoms with Crippen LogP contribution in [-0.4, -0.2) is 58.0 Å². The summed E-state index contributed by atoms with van der Waals surface area (Å²) >= 11 is 0. The smallest absolute Gasteiger partial charge is 0.228 e. The number of H-pyrrole nitrogens is 1. The number of benzene rings is 1. The minimum absolute atomic E-state index is 0.0225. The van der Waals surface area contributed by atoms with E-state index < -0.39 is 6.10 Å². The molecule has 1 aromatic carbocycles. The summed E-state index contributed by atoms with van der Waals surface area (Å²) in [7, 11) is 0. The molecule has 2 aromatic rings. The van der Waals surface area contributed by atoms with Crippen molar-refractivity contribution in [2.75, 3.05) is 19.7 Å². The van der Waals surface area contributed by atoms with E-state index >= 15 is 0 Å². The molecule has 1 amide bonds. The maximum atomic E-state index is 12.4. The summed E-state index contributed by atoms with van der Waals surface area (Å²) in [5, 5.41) is 18.0. The Morgan fingerprint density at radius 2 is 2.29 bits per heavy atom. The van der Waals surface area contributed by atoms with E-state index in [0.29, 0.717) is 19.7 Å². The lowest BCUT2D eigenvalue weighted by molar-refractivity contribution is -0.130. The molecule has 2 heterocycles. The number of hydrogen-bond donors (Lipinski definition) is 2. The number of hydrogen-bond acceptors (Lipinski definition) is 4. The zero-order valence-corrected chi connectivity index (χ0v) is 12.0.